The van der Waals surface area contributed by atoms with Crippen molar-refractivity contribution in [3.05, 3.63) is 23.4 Å². The van der Waals surface area contributed by atoms with E-state index >= 15 is 0 Å². The number of aryl methyl sites for hydroxylation is 1. The molecular weight excluding hydrogens is 254 g/mol. The third-order valence-corrected chi connectivity index (χ3v) is 4.39. The number of nitrogens with zero attached hydrogens (tertiary/aromatic N) is 2. The maximum absolute atomic E-state index is 6.03. The number of pyridine rings is 1. The standard InChI is InChI=1S/C14H23N5O/c1-9-5-11(14(15)17-6-9)13(18-16)12-7-19-4-2-3-10(19)8-20-12/h5-6,10,12-13,18H,2-4,7-8,16H2,1H3,(H2,15,17). The Morgan fingerprint density at radius 3 is 3.20 bits per heavy atom. The van der Waals surface area contributed by atoms with E-state index in [9.17, 15) is 0 Å². The second-order valence-electron chi connectivity index (χ2n) is 5.79. The van der Waals surface area contributed by atoms with Gasteiger partial charge in [0.05, 0.1) is 18.8 Å². The van der Waals surface area contributed by atoms with Crippen LogP contribution in [0.5, 0.6) is 0 Å². The van der Waals surface area contributed by atoms with Crippen molar-refractivity contribution in [3.8, 4) is 0 Å². The molecular formula is C14H23N5O. The van der Waals surface area contributed by atoms with Crippen LogP contribution in [0.4, 0.5) is 5.82 Å². The van der Waals surface area contributed by atoms with Crippen LogP contribution < -0.4 is 17.0 Å². The molecule has 3 heterocycles. The Labute approximate surface area is 119 Å². The molecule has 1 aromatic rings. The van der Waals surface area contributed by atoms with Gasteiger partial charge in [0.25, 0.3) is 0 Å². The van der Waals surface area contributed by atoms with E-state index in [1.165, 1.54) is 12.8 Å². The van der Waals surface area contributed by atoms with Gasteiger partial charge in [-0.1, -0.05) is 0 Å². The molecule has 110 valence electrons. The number of rotatable bonds is 3. The topological polar surface area (TPSA) is 89.4 Å². The molecule has 2 aliphatic heterocycles. The summed E-state index contributed by atoms with van der Waals surface area (Å²) < 4.78 is 6.03. The van der Waals surface area contributed by atoms with Crippen LogP contribution in [-0.4, -0.2) is 41.7 Å². The second kappa shape index (κ2) is 5.65. The van der Waals surface area contributed by atoms with Crippen LogP contribution in [-0.2, 0) is 4.74 Å². The Balaban J connectivity index is 1.81. The average Bonchev–Trinajstić information content (AvgIpc) is 2.91. The Morgan fingerprint density at radius 2 is 2.40 bits per heavy atom. The molecule has 0 saturated carbocycles. The van der Waals surface area contributed by atoms with Gasteiger partial charge in [-0.05, 0) is 37.9 Å². The molecule has 0 amide bonds. The number of ether oxygens (including phenoxy) is 1. The van der Waals surface area contributed by atoms with Crippen LogP contribution in [0.2, 0.25) is 0 Å². The minimum absolute atomic E-state index is 0.0141. The summed E-state index contributed by atoms with van der Waals surface area (Å²) in [7, 11) is 0. The molecule has 0 bridgehead atoms. The van der Waals surface area contributed by atoms with Crippen molar-refractivity contribution in [1.29, 1.82) is 0 Å². The van der Waals surface area contributed by atoms with Crippen molar-refractivity contribution in [1.82, 2.24) is 15.3 Å². The Morgan fingerprint density at radius 1 is 1.55 bits per heavy atom. The molecule has 6 heteroatoms. The zero-order valence-corrected chi connectivity index (χ0v) is 11.9. The highest BCUT2D eigenvalue weighted by atomic mass is 16.5. The number of morpholine rings is 1. The highest BCUT2D eigenvalue weighted by molar-refractivity contribution is 5.43. The van der Waals surface area contributed by atoms with Gasteiger partial charge in [-0.2, -0.15) is 0 Å². The van der Waals surface area contributed by atoms with E-state index in [2.05, 4.69) is 15.3 Å². The lowest BCUT2D eigenvalue weighted by atomic mass is 9.99. The Hall–Kier alpha value is -1.21. The predicted molar refractivity (Wildman–Crippen MR) is 77.8 cm³/mol. The van der Waals surface area contributed by atoms with Crippen molar-refractivity contribution in [2.75, 3.05) is 25.4 Å². The average molecular weight is 277 g/mol. The lowest BCUT2D eigenvalue weighted by Crippen LogP contribution is -2.51. The summed E-state index contributed by atoms with van der Waals surface area (Å²) in [5.41, 5.74) is 10.9. The van der Waals surface area contributed by atoms with Crippen molar-refractivity contribution >= 4 is 5.82 Å². The molecule has 0 spiro atoms. The number of hydrogen-bond donors (Lipinski definition) is 3. The molecule has 6 nitrogen and oxygen atoms in total. The maximum Gasteiger partial charge on any atom is 0.128 e. The van der Waals surface area contributed by atoms with Crippen LogP contribution in [0.1, 0.15) is 30.0 Å². The summed E-state index contributed by atoms with van der Waals surface area (Å²) in [5, 5.41) is 0. The summed E-state index contributed by atoms with van der Waals surface area (Å²) in [6.45, 7) is 4.83. The second-order valence-corrected chi connectivity index (χ2v) is 5.79. The van der Waals surface area contributed by atoms with Gasteiger partial charge in [-0.3, -0.25) is 16.2 Å². The van der Waals surface area contributed by atoms with Gasteiger partial charge >= 0.3 is 0 Å². The largest absolute Gasteiger partial charge is 0.383 e. The van der Waals surface area contributed by atoms with Crippen LogP contribution >= 0.6 is 0 Å². The summed E-state index contributed by atoms with van der Waals surface area (Å²) >= 11 is 0. The van der Waals surface area contributed by atoms with E-state index in [0.717, 1.165) is 30.8 Å². The molecule has 0 aromatic carbocycles. The number of nitrogen functional groups attached to an aromatic ring is 1. The molecule has 2 saturated heterocycles. The molecule has 2 fully saturated rings. The van der Waals surface area contributed by atoms with E-state index in [4.69, 9.17) is 16.3 Å². The van der Waals surface area contributed by atoms with Gasteiger partial charge in [0, 0.05) is 24.3 Å². The third-order valence-electron chi connectivity index (χ3n) is 4.39. The first-order valence-electron chi connectivity index (χ1n) is 7.23. The van der Waals surface area contributed by atoms with Crippen molar-refractivity contribution in [2.45, 2.75) is 38.0 Å². The molecule has 1 aromatic heterocycles. The van der Waals surface area contributed by atoms with E-state index in [1.54, 1.807) is 6.20 Å². The monoisotopic (exact) mass is 277 g/mol. The highest BCUT2D eigenvalue weighted by Crippen LogP contribution is 2.30. The summed E-state index contributed by atoms with van der Waals surface area (Å²) in [6, 6.07) is 2.49. The first-order valence-corrected chi connectivity index (χ1v) is 7.23. The van der Waals surface area contributed by atoms with Crippen molar-refractivity contribution in [2.24, 2.45) is 5.84 Å². The lowest BCUT2D eigenvalue weighted by Gasteiger charge is -2.38. The van der Waals surface area contributed by atoms with E-state index in [-0.39, 0.29) is 12.1 Å². The fourth-order valence-electron chi connectivity index (χ4n) is 3.29. The molecule has 3 unspecified atom stereocenters. The number of anilines is 1. The van der Waals surface area contributed by atoms with Gasteiger partial charge in [-0.25, -0.2) is 4.98 Å². The van der Waals surface area contributed by atoms with Crippen LogP contribution in [0.15, 0.2) is 12.3 Å². The number of hydrogen-bond acceptors (Lipinski definition) is 6. The molecule has 2 aliphatic rings. The van der Waals surface area contributed by atoms with Gasteiger partial charge in [0.15, 0.2) is 0 Å². The van der Waals surface area contributed by atoms with Crippen molar-refractivity contribution < 1.29 is 4.74 Å². The fraction of sp³-hybridized carbons (Fsp3) is 0.643. The number of aromatic nitrogens is 1. The van der Waals surface area contributed by atoms with Gasteiger partial charge in [0.1, 0.15) is 5.82 Å². The van der Waals surface area contributed by atoms with E-state index < -0.39 is 0 Å². The summed E-state index contributed by atoms with van der Waals surface area (Å²) in [6.07, 6.45) is 4.28. The molecule has 5 N–H and O–H groups in total. The van der Waals surface area contributed by atoms with Gasteiger partial charge < -0.3 is 10.5 Å². The summed E-state index contributed by atoms with van der Waals surface area (Å²) in [4.78, 5) is 6.72. The minimum atomic E-state index is -0.121. The predicted octanol–water partition coefficient (Wildman–Crippen LogP) is 0.340. The number of fused-ring (bicyclic) bond motifs is 1. The van der Waals surface area contributed by atoms with Crippen LogP contribution in [0, 0.1) is 6.92 Å². The lowest BCUT2D eigenvalue weighted by molar-refractivity contribution is -0.0652. The fourth-order valence-corrected chi connectivity index (χ4v) is 3.29. The minimum Gasteiger partial charge on any atom is -0.383 e. The summed E-state index contributed by atoms with van der Waals surface area (Å²) in [5.74, 6) is 6.28. The third kappa shape index (κ3) is 2.52. The molecule has 3 atom stereocenters. The SMILES string of the molecule is Cc1cnc(N)c(C(NN)C2CN3CCCC3CO2)c1. The molecule has 0 radical (unpaired) electrons. The molecule has 3 rings (SSSR count). The van der Waals surface area contributed by atoms with Crippen LogP contribution in [0.3, 0.4) is 0 Å². The normalized spacial score (nSPS) is 28.3. The quantitative estimate of drug-likeness (QED) is 0.545. The first-order chi connectivity index (χ1) is 9.69. The van der Waals surface area contributed by atoms with Gasteiger partial charge in [0.2, 0.25) is 0 Å². The Kier molecular flexibility index (Phi) is 3.89. The van der Waals surface area contributed by atoms with E-state index in [1.807, 2.05) is 13.0 Å². The smallest absolute Gasteiger partial charge is 0.128 e. The van der Waals surface area contributed by atoms with Crippen molar-refractivity contribution in [3.63, 3.8) is 0 Å². The molecule has 20 heavy (non-hydrogen) atoms. The maximum atomic E-state index is 6.03. The van der Waals surface area contributed by atoms with E-state index in [0.29, 0.717) is 11.9 Å². The van der Waals surface area contributed by atoms with Gasteiger partial charge in [-0.15, -0.1) is 0 Å². The number of nitrogens with two attached hydrogens (primary N) is 2. The first kappa shape index (κ1) is 13.8. The number of hydrazine groups is 1. The number of nitrogens with one attached hydrogen (secondary N) is 1. The zero-order valence-electron chi connectivity index (χ0n) is 11.9. The highest BCUT2D eigenvalue weighted by Gasteiger charge is 2.36. The molecule has 0 aliphatic carbocycles. The zero-order chi connectivity index (χ0) is 14.1. The van der Waals surface area contributed by atoms with Crippen LogP contribution in [0.25, 0.3) is 0 Å². The Bertz CT molecular complexity index is 481.